The van der Waals surface area contributed by atoms with E-state index < -0.39 is 0 Å². The minimum atomic E-state index is 0.0243. The van der Waals surface area contributed by atoms with Crippen molar-refractivity contribution in [1.29, 1.82) is 0 Å². The first-order chi connectivity index (χ1) is 3.98. The zero-order chi connectivity index (χ0) is 7.49. The first kappa shape index (κ1) is 9.54. The molecule has 0 N–H and O–H groups in total. The lowest BCUT2D eigenvalue weighted by atomic mass is 10.1. The summed E-state index contributed by atoms with van der Waals surface area (Å²) in [5.41, 5.74) is 0.0243. The third kappa shape index (κ3) is 4.01. The Morgan fingerprint density at radius 2 is 1.78 bits per heavy atom. The fourth-order valence-corrected chi connectivity index (χ4v) is 0.750. The van der Waals surface area contributed by atoms with Gasteiger partial charge >= 0.3 is 0 Å². The van der Waals surface area contributed by atoms with Crippen molar-refractivity contribution in [2.45, 2.75) is 26.3 Å². The number of hydrogen-bond acceptors (Lipinski definition) is 1. The topological polar surface area (TPSA) is 3.24 Å². The molecular formula is C6H13Cl2N. The summed E-state index contributed by atoms with van der Waals surface area (Å²) in [5, 5.41) is 0. The number of alkyl halides is 1. The Bertz CT molecular complexity index is 77.6. The summed E-state index contributed by atoms with van der Waals surface area (Å²) < 4.78 is 1.71. The van der Waals surface area contributed by atoms with Crippen LogP contribution in [0, 0.1) is 0 Å². The van der Waals surface area contributed by atoms with Crippen LogP contribution in [0.5, 0.6) is 0 Å². The third-order valence-electron chi connectivity index (χ3n) is 1.01. The minimum absolute atomic E-state index is 0.0243. The second-order valence-corrected chi connectivity index (χ2v) is 3.73. The van der Waals surface area contributed by atoms with Crippen molar-refractivity contribution in [1.82, 2.24) is 4.42 Å². The summed E-state index contributed by atoms with van der Waals surface area (Å²) in [7, 11) is 0. The molecule has 0 atom stereocenters. The zero-order valence-corrected chi connectivity index (χ0v) is 7.63. The largest absolute Gasteiger partial charge is 0.214 e. The molecule has 0 radical (unpaired) electrons. The lowest BCUT2D eigenvalue weighted by molar-refractivity contribution is 0.274. The minimum Gasteiger partial charge on any atom is -0.214 e. The van der Waals surface area contributed by atoms with Crippen LogP contribution in [-0.4, -0.2) is 22.4 Å². The van der Waals surface area contributed by atoms with Crippen molar-refractivity contribution in [2.75, 3.05) is 12.4 Å². The highest BCUT2D eigenvalue weighted by Crippen LogP contribution is 2.14. The van der Waals surface area contributed by atoms with Gasteiger partial charge < -0.3 is 0 Å². The number of nitrogens with zero attached hydrogens (tertiary/aromatic N) is 1. The van der Waals surface area contributed by atoms with Gasteiger partial charge in [-0.05, 0) is 32.5 Å². The highest BCUT2D eigenvalue weighted by atomic mass is 35.5. The van der Waals surface area contributed by atoms with Crippen molar-refractivity contribution in [3.8, 4) is 0 Å². The van der Waals surface area contributed by atoms with Crippen molar-refractivity contribution in [2.24, 2.45) is 0 Å². The molecule has 0 aliphatic heterocycles. The molecule has 0 amide bonds. The molecule has 0 unspecified atom stereocenters. The van der Waals surface area contributed by atoms with E-state index in [1.807, 2.05) is 20.8 Å². The summed E-state index contributed by atoms with van der Waals surface area (Å²) in [5.74, 6) is 0.584. The Morgan fingerprint density at radius 3 is 1.89 bits per heavy atom. The second-order valence-electron chi connectivity index (χ2n) is 2.95. The maximum atomic E-state index is 5.81. The quantitative estimate of drug-likeness (QED) is 0.454. The van der Waals surface area contributed by atoms with Gasteiger partial charge in [0.05, 0.1) is 0 Å². The Labute approximate surface area is 67.0 Å². The number of halogens is 2. The molecule has 1 nitrogen and oxygen atoms in total. The van der Waals surface area contributed by atoms with Crippen LogP contribution in [0.1, 0.15) is 20.8 Å². The van der Waals surface area contributed by atoms with Gasteiger partial charge in [0, 0.05) is 18.0 Å². The lowest BCUT2D eigenvalue weighted by Crippen LogP contribution is -2.34. The average Bonchev–Trinajstić information content (AvgIpc) is 1.64. The molecule has 9 heavy (non-hydrogen) atoms. The van der Waals surface area contributed by atoms with Crippen LogP contribution in [0.3, 0.4) is 0 Å². The van der Waals surface area contributed by atoms with Gasteiger partial charge in [0.15, 0.2) is 0 Å². The Hall–Kier alpha value is 0.540. The summed E-state index contributed by atoms with van der Waals surface area (Å²) in [6.45, 7) is 6.87. The fraction of sp³-hybridized carbons (Fsp3) is 1.00. The van der Waals surface area contributed by atoms with Gasteiger partial charge in [0.25, 0.3) is 0 Å². The van der Waals surface area contributed by atoms with Crippen molar-refractivity contribution < 1.29 is 0 Å². The van der Waals surface area contributed by atoms with Crippen LogP contribution >= 0.6 is 23.4 Å². The standard InChI is InChI=1S/C6H13Cl2N/c1-6(2,3)9(8)5-4-7/h4-5H2,1-3H3. The molecule has 0 fully saturated rings. The Balaban J connectivity index is 3.59. The van der Waals surface area contributed by atoms with E-state index in [4.69, 9.17) is 23.4 Å². The van der Waals surface area contributed by atoms with Crippen molar-refractivity contribution >= 4 is 23.4 Å². The van der Waals surface area contributed by atoms with E-state index in [1.165, 1.54) is 0 Å². The molecule has 0 aromatic rings. The predicted octanol–water partition coefficient (Wildman–Crippen LogP) is 2.48. The van der Waals surface area contributed by atoms with Crippen molar-refractivity contribution in [3.63, 3.8) is 0 Å². The second kappa shape index (κ2) is 3.65. The number of rotatable bonds is 2. The summed E-state index contributed by atoms with van der Waals surface area (Å²) in [6, 6.07) is 0. The van der Waals surface area contributed by atoms with Gasteiger partial charge in [-0.2, -0.15) is 0 Å². The molecule has 0 saturated carbocycles. The molecule has 56 valence electrons. The highest BCUT2D eigenvalue weighted by molar-refractivity contribution is 6.19. The SMILES string of the molecule is CC(C)(C)N(Cl)CCCl. The molecule has 0 saturated heterocycles. The predicted molar refractivity (Wildman–Crippen MR) is 43.0 cm³/mol. The molecule has 0 bridgehead atoms. The van der Waals surface area contributed by atoms with Crippen LogP contribution in [0.2, 0.25) is 0 Å². The van der Waals surface area contributed by atoms with Gasteiger partial charge in [0.1, 0.15) is 0 Å². The van der Waals surface area contributed by atoms with E-state index in [-0.39, 0.29) is 5.54 Å². The molecule has 0 spiro atoms. The molecule has 0 aliphatic carbocycles. The lowest BCUT2D eigenvalue weighted by Gasteiger charge is -2.27. The zero-order valence-electron chi connectivity index (χ0n) is 6.12. The molecule has 0 aromatic heterocycles. The van der Waals surface area contributed by atoms with Gasteiger partial charge in [-0.15, -0.1) is 11.6 Å². The van der Waals surface area contributed by atoms with Gasteiger partial charge in [-0.3, -0.25) is 0 Å². The van der Waals surface area contributed by atoms with E-state index in [9.17, 15) is 0 Å². The average molecular weight is 170 g/mol. The van der Waals surface area contributed by atoms with Gasteiger partial charge in [-0.1, -0.05) is 0 Å². The van der Waals surface area contributed by atoms with E-state index in [0.717, 1.165) is 6.54 Å². The molecule has 0 aromatic carbocycles. The van der Waals surface area contributed by atoms with Crippen LogP contribution in [0.25, 0.3) is 0 Å². The fourth-order valence-electron chi connectivity index (χ4n) is 0.410. The van der Waals surface area contributed by atoms with E-state index in [2.05, 4.69) is 0 Å². The Morgan fingerprint density at radius 1 is 1.33 bits per heavy atom. The highest BCUT2D eigenvalue weighted by Gasteiger charge is 2.17. The molecular weight excluding hydrogens is 157 g/mol. The van der Waals surface area contributed by atoms with Gasteiger partial charge in [0.2, 0.25) is 0 Å². The Kier molecular flexibility index (Phi) is 3.86. The van der Waals surface area contributed by atoms with Crippen molar-refractivity contribution in [3.05, 3.63) is 0 Å². The third-order valence-corrected chi connectivity index (χ3v) is 1.85. The smallest absolute Gasteiger partial charge is 0.0364 e. The molecule has 0 rings (SSSR count). The molecule has 0 heterocycles. The van der Waals surface area contributed by atoms with Crippen LogP contribution < -0.4 is 0 Å². The van der Waals surface area contributed by atoms with E-state index in [1.54, 1.807) is 4.42 Å². The first-order valence-corrected chi connectivity index (χ1v) is 3.85. The first-order valence-electron chi connectivity index (χ1n) is 2.98. The van der Waals surface area contributed by atoms with Crippen LogP contribution in [0.4, 0.5) is 0 Å². The van der Waals surface area contributed by atoms with E-state index in [0.29, 0.717) is 5.88 Å². The maximum Gasteiger partial charge on any atom is 0.0364 e. The summed E-state index contributed by atoms with van der Waals surface area (Å²) >= 11 is 11.3. The summed E-state index contributed by atoms with van der Waals surface area (Å²) in [4.78, 5) is 0. The summed E-state index contributed by atoms with van der Waals surface area (Å²) in [6.07, 6.45) is 0. The maximum absolute atomic E-state index is 5.81. The van der Waals surface area contributed by atoms with Gasteiger partial charge in [-0.25, -0.2) is 4.42 Å². The number of hydrogen-bond donors (Lipinski definition) is 0. The normalized spacial score (nSPS) is 12.7. The van der Waals surface area contributed by atoms with E-state index >= 15 is 0 Å². The molecule has 3 heteroatoms. The monoisotopic (exact) mass is 169 g/mol. The molecule has 0 aliphatic rings. The van der Waals surface area contributed by atoms with Crippen LogP contribution in [-0.2, 0) is 0 Å². The van der Waals surface area contributed by atoms with Crippen LogP contribution in [0.15, 0.2) is 0 Å².